The first kappa shape index (κ1) is 22.4. The molecule has 0 spiro atoms. The number of ether oxygens (including phenoxy) is 3. The zero-order valence-corrected chi connectivity index (χ0v) is 16.8. The second kappa shape index (κ2) is 11.9. The van der Waals surface area contributed by atoms with Gasteiger partial charge in [-0.1, -0.05) is 52.5 Å². The summed E-state index contributed by atoms with van der Waals surface area (Å²) >= 11 is 0. The van der Waals surface area contributed by atoms with Crippen LogP contribution in [-0.4, -0.2) is 24.8 Å². The minimum absolute atomic E-state index is 0.305. The lowest BCUT2D eigenvalue weighted by molar-refractivity contribution is -0.213. The molecule has 5 heteroatoms. The van der Waals surface area contributed by atoms with E-state index < -0.39 is 18.2 Å². The number of hydrogen-bond acceptors (Lipinski definition) is 5. The molecule has 0 saturated carbocycles. The first-order valence-corrected chi connectivity index (χ1v) is 9.71. The van der Waals surface area contributed by atoms with Gasteiger partial charge >= 0.3 is 11.9 Å². The fraction of sp³-hybridized carbons (Fsp3) is 0.714. The van der Waals surface area contributed by atoms with Crippen LogP contribution in [-0.2, 0) is 23.8 Å². The zero-order chi connectivity index (χ0) is 19.5. The van der Waals surface area contributed by atoms with Gasteiger partial charge in [0.15, 0.2) is 0 Å². The van der Waals surface area contributed by atoms with E-state index in [2.05, 4.69) is 20.4 Å². The van der Waals surface area contributed by atoms with Crippen molar-refractivity contribution in [3.63, 3.8) is 0 Å². The second-order valence-corrected chi connectivity index (χ2v) is 7.41. The van der Waals surface area contributed by atoms with Crippen LogP contribution in [0.4, 0.5) is 0 Å². The summed E-state index contributed by atoms with van der Waals surface area (Å²) in [5.41, 5.74) is 0.634. The van der Waals surface area contributed by atoms with Crippen molar-refractivity contribution in [2.45, 2.75) is 85.4 Å². The lowest BCUT2D eigenvalue weighted by Gasteiger charge is -2.26. The molecule has 0 aromatic carbocycles. The number of unbranched alkanes of at least 4 members (excludes halogenated alkanes) is 4. The fourth-order valence-corrected chi connectivity index (χ4v) is 2.51. The van der Waals surface area contributed by atoms with Gasteiger partial charge in [-0.3, -0.25) is 0 Å². The number of carbonyl (C=O) groups excluding carboxylic acids is 2. The normalized spacial score (nSPS) is 17.3. The van der Waals surface area contributed by atoms with Crippen LogP contribution in [0.1, 0.15) is 79.1 Å². The van der Waals surface area contributed by atoms with Gasteiger partial charge in [0.05, 0.1) is 12.2 Å². The summed E-state index contributed by atoms with van der Waals surface area (Å²) in [6, 6.07) is 0. The van der Waals surface area contributed by atoms with E-state index in [1.807, 2.05) is 0 Å². The largest absolute Gasteiger partial charge is 0.432 e. The van der Waals surface area contributed by atoms with Gasteiger partial charge in [0.1, 0.15) is 5.76 Å². The van der Waals surface area contributed by atoms with E-state index in [0.717, 1.165) is 25.2 Å². The van der Waals surface area contributed by atoms with Gasteiger partial charge in [-0.25, -0.2) is 9.59 Å². The molecule has 1 heterocycles. The topological polar surface area (TPSA) is 61.8 Å². The van der Waals surface area contributed by atoms with E-state index >= 15 is 0 Å². The fourth-order valence-electron chi connectivity index (χ4n) is 2.51. The average Bonchev–Trinajstić information content (AvgIpc) is 2.54. The minimum atomic E-state index is -0.510. The quantitative estimate of drug-likeness (QED) is 0.209. The lowest BCUT2D eigenvalue weighted by Crippen LogP contribution is -2.32. The van der Waals surface area contributed by atoms with Gasteiger partial charge < -0.3 is 14.2 Å². The molecular weight excluding hydrogens is 332 g/mol. The van der Waals surface area contributed by atoms with Crippen molar-refractivity contribution in [3.8, 4) is 0 Å². The second-order valence-electron chi connectivity index (χ2n) is 7.41. The van der Waals surface area contributed by atoms with E-state index in [-0.39, 0.29) is 0 Å². The molecule has 1 saturated heterocycles. The maximum Gasteiger partial charge on any atom is 0.339 e. The summed E-state index contributed by atoms with van der Waals surface area (Å²) in [5, 5.41) is 0. The van der Waals surface area contributed by atoms with Gasteiger partial charge in [0.25, 0.3) is 0 Å². The highest BCUT2D eigenvalue weighted by Crippen LogP contribution is 2.21. The molecule has 0 N–H and O–H groups in total. The van der Waals surface area contributed by atoms with Crippen LogP contribution in [0.2, 0.25) is 0 Å². The van der Waals surface area contributed by atoms with Crippen LogP contribution < -0.4 is 0 Å². The monoisotopic (exact) mass is 366 g/mol. The highest BCUT2D eigenvalue weighted by molar-refractivity contribution is 5.91. The van der Waals surface area contributed by atoms with Crippen LogP contribution in [0.3, 0.4) is 0 Å². The predicted molar refractivity (Wildman–Crippen MR) is 101 cm³/mol. The van der Waals surface area contributed by atoms with E-state index in [1.165, 1.54) is 19.3 Å². The molecule has 1 rings (SSSR count). The smallest absolute Gasteiger partial charge is 0.339 e. The molecule has 0 aromatic rings. The number of allylic oxidation sites excluding steroid dienone is 1. The summed E-state index contributed by atoms with van der Waals surface area (Å²) in [7, 11) is 0. The van der Waals surface area contributed by atoms with Crippen LogP contribution in [0.5, 0.6) is 0 Å². The van der Waals surface area contributed by atoms with Crippen LogP contribution in [0.25, 0.3) is 0 Å². The number of rotatable bonds is 12. The lowest BCUT2D eigenvalue weighted by atomic mass is 10.0. The van der Waals surface area contributed by atoms with Crippen molar-refractivity contribution in [2.24, 2.45) is 5.92 Å². The molecule has 5 nitrogen and oxygen atoms in total. The Balaban J connectivity index is 2.51. The van der Waals surface area contributed by atoms with E-state index in [1.54, 1.807) is 13.8 Å². The highest BCUT2D eigenvalue weighted by atomic mass is 16.7. The standard InChI is InChI=1S/C21H34O5/c1-15(2)11-9-7-6-8-10-12-18(25-20(22)16(3)4)17(5)21(23)26-19-13-14-24-19/h15,19H,3,6-14H2,1-2,4-5H3. The maximum absolute atomic E-state index is 12.2. The third-order valence-corrected chi connectivity index (χ3v) is 4.37. The van der Waals surface area contributed by atoms with E-state index in [9.17, 15) is 9.59 Å². The molecule has 1 aliphatic rings. The summed E-state index contributed by atoms with van der Waals surface area (Å²) in [6.45, 7) is 11.9. The van der Waals surface area contributed by atoms with Gasteiger partial charge in [-0.2, -0.15) is 0 Å². The number of hydrogen-bond donors (Lipinski definition) is 0. The van der Waals surface area contributed by atoms with Crippen molar-refractivity contribution in [1.29, 1.82) is 0 Å². The summed E-state index contributed by atoms with van der Waals surface area (Å²) in [4.78, 5) is 24.1. The molecule has 26 heavy (non-hydrogen) atoms. The Bertz CT molecular complexity index is 514. The molecule has 1 unspecified atom stereocenters. The molecule has 0 bridgehead atoms. The molecule has 148 valence electrons. The Kier molecular flexibility index (Phi) is 10.3. The molecule has 0 aromatic heterocycles. The zero-order valence-electron chi connectivity index (χ0n) is 16.8. The molecule has 1 atom stereocenters. The molecule has 0 radical (unpaired) electrons. The Morgan fingerprint density at radius 2 is 1.69 bits per heavy atom. The highest BCUT2D eigenvalue weighted by Gasteiger charge is 2.25. The predicted octanol–water partition coefficient (Wildman–Crippen LogP) is 5.06. The summed E-state index contributed by atoms with van der Waals surface area (Å²) < 4.78 is 15.7. The van der Waals surface area contributed by atoms with E-state index in [4.69, 9.17) is 14.2 Å². The third-order valence-electron chi connectivity index (χ3n) is 4.37. The van der Waals surface area contributed by atoms with Crippen LogP contribution >= 0.6 is 0 Å². The minimum Gasteiger partial charge on any atom is -0.432 e. The summed E-state index contributed by atoms with van der Waals surface area (Å²) in [6.07, 6.45) is 7.54. The molecule has 0 aliphatic carbocycles. The van der Waals surface area contributed by atoms with Crippen LogP contribution in [0, 0.1) is 5.92 Å². The molecule has 0 amide bonds. The number of esters is 2. The Hall–Kier alpha value is -1.62. The van der Waals surface area contributed by atoms with Gasteiger partial charge in [-0.05, 0) is 26.2 Å². The van der Waals surface area contributed by atoms with Crippen LogP contribution in [0.15, 0.2) is 23.5 Å². The van der Waals surface area contributed by atoms with Crippen molar-refractivity contribution in [3.05, 3.63) is 23.5 Å². The van der Waals surface area contributed by atoms with E-state index in [0.29, 0.717) is 36.4 Å². The van der Waals surface area contributed by atoms with Gasteiger partial charge in [-0.15, -0.1) is 0 Å². The Morgan fingerprint density at radius 3 is 2.23 bits per heavy atom. The molecule has 1 aliphatic heterocycles. The van der Waals surface area contributed by atoms with Crippen molar-refractivity contribution >= 4 is 11.9 Å². The van der Waals surface area contributed by atoms with Gasteiger partial charge in [0.2, 0.25) is 6.29 Å². The maximum atomic E-state index is 12.2. The Labute approximate surface area is 157 Å². The molecular formula is C21H34O5. The van der Waals surface area contributed by atoms with Gasteiger partial charge in [0, 0.05) is 18.4 Å². The van der Waals surface area contributed by atoms with Crippen molar-refractivity contribution < 1.29 is 23.8 Å². The first-order chi connectivity index (χ1) is 12.3. The van der Waals surface area contributed by atoms with Crippen molar-refractivity contribution in [1.82, 2.24) is 0 Å². The van der Waals surface area contributed by atoms with Crippen molar-refractivity contribution in [2.75, 3.05) is 6.61 Å². The SMILES string of the molecule is C=C(C)C(=O)OC(CCCCCCCC(C)C)=C(C)C(=O)OC1CCO1. The average molecular weight is 366 g/mol. The molecule has 1 fully saturated rings. The first-order valence-electron chi connectivity index (χ1n) is 9.71. The third kappa shape index (κ3) is 8.65. The summed E-state index contributed by atoms with van der Waals surface area (Å²) in [5.74, 6) is 0.129. The number of carbonyl (C=O) groups is 2. The Morgan fingerprint density at radius 1 is 1.08 bits per heavy atom.